The standard InChI is InChI=1S/C12H12N4O3/c1-19-12-7-9(4-5-11(12)16(17)18)13-8-10-3-2-6-14-15-10/h2-7,13H,8H2,1H3. The van der Waals surface area contributed by atoms with E-state index in [-0.39, 0.29) is 11.4 Å². The maximum atomic E-state index is 10.8. The molecule has 0 spiro atoms. The van der Waals surface area contributed by atoms with Gasteiger partial charge in [0.15, 0.2) is 5.75 Å². The molecule has 0 aliphatic carbocycles. The second kappa shape index (κ2) is 5.76. The van der Waals surface area contributed by atoms with Crippen LogP contribution in [0.25, 0.3) is 0 Å². The van der Waals surface area contributed by atoms with Gasteiger partial charge in [-0.05, 0) is 18.2 Å². The van der Waals surface area contributed by atoms with Crippen molar-refractivity contribution in [2.75, 3.05) is 12.4 Å². The molecule has 0 saturated heterocycles. The summed E-state index contributed by atoms with van der Waals surface area (Å²) in [6.07, 6.45) is 1.60. The molecular weight excluding hydrogens is 248 g/mol. The number of hydrogen-bond acceptors (Lipinski definition) is 6. The summed E-state index contributed by atoms with van der Waals surface area (Å²) in [4.78, 5) is 10.3. The molecule has 0 saturated carbocycles. The fraction of sp³-hybridized carbons (Fsp3) is 0.167. The zero-order valence-corrected chi connectivity index (χ0v) is 10.2. The van der Waals surface area contributed by atoms with Gasteiger partial charge in [0, 0.05) is 24.0 Å². The maximum Gasteiger partial charge on any atom is 0.311 e. The average Bonchev–Trinajstić information content (AvgIpc) is 2.45. The molecule has 1 aromatic carbocycles. The number of nitro groups is 1. The average molecular weight is 260 g/mol. The number of nitrogens with one attached hydrogen (secondary N) is 1. The van der Waals surface area contributed by atoms with Gasteiger partial charge in [-0.1, -0.05) is 0 Å². The van der Waals surface area contributed by atoms with Gasteiger partial charge >= 0.3 is 5.69 Å². The Morgan fingerprint density at radius 2 is 2.26 bits per heavy atom. The van der Waals surface area contributed by atoms with E-state index in [4.69, 9.17) is 4.74 Å². The summed E-state index contributed by atoms with van der Waals surface area (Å²) in [6, 6.07) is 8.23. The first-order chi connectivity index (χ1) is 9.20. The summed E-state index contributed by atoms with van der Waals surface area (Å²) in [7, 11) is 1.40. The SMILES string of the molecule is COc1cc(NCc2cccnn2)ccc1[N+](=O)[O-]. The largest absolute Gasteiger partial charge is 0.490 e. The summed E-state index contributed by atoms with van der Waals surface area (Å²) < 4.78 is 4.99. The molecule has 0 radical (unpaired) electrons. The summed E-state index contributed by atoms with van der Waals surface area (Å²) in [5.74, 6) is 0.217. The zero-order valence-electron chi connectivity index (χ0n) is 10.2. The number of anilines is 1. The van der Waals surface area contributed by atoms with Gasteiger partial charge in [0.1, 0.15) is 0 Å². The highest BCUT2D eigenvalue weighted by Crippen LogP contribution is 2.29. The Morgan fingerprint density at radius 3 is 2.89 bits per heavy atom. The van der Waals surface area contributed by atoms with Gasteiger partial charge in [-0.2, -0.15) is 10.2 Å². The minimum Gasteiger partial charge on any atom is -0.490 e. The third-order valence-corrected chi connectivity index (χ3v) is 2.48. The molecule has 7 nitrogen and oxygen atoms in total. The molecule has 0 aliphatic rings. The molecule has 2 rings (SSSR count). The van der Waals surface area contributed by atoms with Crippen LogP contribution in [0.1, 0.15) is 5.69 Å². The van der Waals surface area contributed by atoms with Crippen molar-refractivity contribution in [1.29, 1.82) is 0 Å². The Labute approximate surface area is 109 Å². The van der Waals surface area contributed by atoms with E-state index in [0.717, 1.165) is 5.69 Å². The van der Waals surface area contributed by atoms with Crippen LogP contribution >= 0.6 is 0 Å². The highest BCUT2D eigenvalue weighted by Gasteiger charge is 2.14. The fourth-order valence-electron chi connectivity index (χ4n) is 1.56. The van der Waals surface area contributed by atoms with E-state index in [0.29, 0.717) is 12.2 Å². The number of hydrogen-bond donors (Lipinski definition) is 1. The first kappa shape index (κ1) is 12.7. The summed E-state index contributed by atoms with van der Waals surface area (Å²) in [5, 5.41) is 21.5. The number of nitro benzene ring substituents is 1. The first-order valence-corrected chi connectivity index (χ1v) is 5.53. The van der Waals surface area contributed by atoms with Crippen LogP contribution < -0.4 is 10.1 Å². The molecular formula is C12H12N4O3. The monoisotopic (exact) mass is 260 g/mol. The lowest BCUT2D eigenvalue weighted by molar-refractivity contribution is -0.385. The van der Waals surface area contributed by atoms with Crippen LogP contribution in [-0.4, -0.2) is 22.2 Å². The normalized spacial score (nSPS) is 9.95. The quantitative estimate of drug-likeness (QED) is 0.653. The third kappa shape index (κ3) is 3.15. The van der Waals surface area contributed by atoms with Crippen LogP contribution in [0.5, 0.6) is 5.75 Å². The number of nitrogens with zero attached hydrogens (tertiary/aromatic N) is 3. The van der Waals surface area contributed by atoms with Crippen LogP contribution in [0, 0.1) is 10.1 Å². The van der Waals surface area contributed by atoms with Crippen molar-refractivity contribution in [2.45, 2.75) is 6.54 Å². The lowest BCUT2D eigenvalue weighted by Crippen LogP contribution is -2.03. The first-order valence-electron chi connectivity index (χ1n) is 5.53. The van der Waals surface area contributed by atoms with Crippen molar-refractivity contribution in [3.05, 3.63) is 52.3 Å². The Hall–Kier alpha value is -2.70. The van der Waals surface area contributed by atoms with Gasteiger partial charge in [-0.3, -0.25) is 10.1 Å². The van der Waals surface area contributed by atoms with Crippen molar-refractivity contribution in [3.8, 4) is 5.75 Å². The Morgan fingerprint density at radius 1 is 1.42 bits per heavy atom. The van der Waals surface area contributed by atoms with Crippen LogP contribution in [0.2, 0.25) is 0 Å². The minimum absolute atomic E-state index is 0.0625. The molecule has 1 heterocycles. The molecule has 19 heavy (non-hydrogen) atoms. The van der Waals surface area contributed by atoms with Crippen molar-refractivity contribution in [1.82, 2.24) is 10.2 Å². The predicted molar refractivity (Wildman–Crippen MR) is 69.0 cm³/mol. The lowest BCUT2D eigenvalue weighted by Gasteiger charge is -2.07. The van der Waals surface area contributed by atoms with Crippen molar-refractivity contribution in [3.63, 3.8) is 0 Å². The number of benzene rings is 1. The maximum absolute atomic E-state index is 10.8. The van der Waals surface area contributed by atoms with E-state index in [1.165, 1.54) is 13.2 Å². The van der Waals surface area contributed by atoms with Gasteiger partial charge in [0.05, 0.1) is 24.3 Å². The highest BCUT2D eigenvalue weighted by atomic mass is 16.6. The summed E-state index contributed by atoms with van der Waals surface area (Å²) in [5.41, 5.74) is 1.43. The van der Waals surface area contributed by atoms with Crippen LogP contribution in [0.4, 0.5) is 11.4 Å². The van der Waals surface area contributed by atoms with Gasteiger partial charge in [-0.15, -0.1) is 0 Å². The smallest absolute Gasteiger partial charge is 0.311 e. The van der Waals surface area contributed by atoms with Crippen molar-refractivity contribution >= 4 is 11.4 Å². The molecule has 2 aromatic rings. The van der Waals surface area contributed by atoms with E-state index in [9.17, 15) is 10.1 Å². The van der Waals surface area contributed by atoms with Gasteiger partial charge in [0.2, 0.25) is 0 Å². The fourth-order valence-corrected chi connectivity index (χ4v) is 1.56. The molecule has 0 unspecified atom stereocenters. The summed E-state index contributed by atoms with van der Waals surface area (Å²) >= 11 is 0. The Balaban J connectivity index is 2.11. The number of methoxy groups -OCH3 is 1. The minimum atomic E-state index is -0.481. The van der Waals surface area contributed by atoms with Crippen LogP contribution in [0.3, 0.4) is 0 Å². The second-order valence-electron chi connectivity index (χ2n) is 3.71. The van der Waals surface area contributed by atoms with Crippen molar-refractivity contribution in [2.24, 2.45) is 0 Å². The van der Waals surface area contributed by atoms with E-state index in [2.05, 4.69) is 15.5 Å². The van der Waals surface area contributed by atoms with E-state index < -0.39 is 4.92 Å². The predicted octanol–water partition coefficient (Wildman–Crippen LogP) is 2.01. The molecule has 7 heteroatoms. The van der Waals surface area contributed by atoms with E-state index >= 15 is 0 Å². The molecule has 98 valence electrons. The molecule has 0 fully saturated rings. The number of aromatic nitrogens is 2. The molecule has 0 amide bonds. The molecule has 0 bridgehead atoms. The molecule has 1 N–H and O–H groups in total. The lowest BCUT2D eigenvalue weighted by atomic mass is 10.2. The van der Waals surface area contributed by atoms with E-state index in [1.807, 2.05) is 6.07 Å². The number of rotatable bonds is 5. The van der Waals surface area contributed by atoms with Gasteiger partial charge in [0.25, 0.3) is 0 Å². The van der Waals surface area contributed by atoms with Crippen LogP contribution in [-0.2, 0) is 6.54 Å². The van der Waals surface area contributed by atoms with Gasteiger partial charge in [-0.25, -0.2) is 0 Å². The highest BCUT2D eigenvalue weighted by molar-refractivity contribution is 5.57. The third-order valence-electron chi connectivity index (χ3n) is 2.48. The second-order valence-corrected chi connectivity index (χ2v) is 3.71. The number of ether oxygens (including phenoxy) is 1. The molecule has 0 aliphatic heterocycles. The van der Waals surface area contributed by atoms with Crippen LogP contribution in [0.15, 0.2) is 36.5 Å². The molecule has 1 aromatic heterocycles. The zero-order chi connectivity index (χ0) is 13.7. The van der Waals surface area contributed by atoms with E-state index in [1.54, 1.807) is 24.4 Å². The van der Waals surface area contributed by atoms with Gasteiger partial charge < -0.3 is 10.1 Å². The topological polar surface area (TPSA) is 90.2 Å². The summed E-state index contributed by atoms with van der Waals surface area (Å²) in [6.45, 7) is 0.481. The Kier molecular flexibility index (Phi) is 3.87. The van der Waals surface area contributed by atoms with Crippen molar-refractivity contribution < 1.29 is 9.66 Å². The molecule has 0 atom stereocenters. The Bertz CT molecular complexity index is 574.